The van der Waals surface area contributed by atoms with Crippen molar-refractivity contribution in [3.8, 4) is 6.07 Å². The second kappa shape index (κ2) is 4.92. The number of hydrogen-bond acceptors (Lipinski definition) is 3. The van der Waals surface area contributed by atoms with E-state index in [0.717, 1.165) is 11.5 Å². The first kappa shape index (κ1) is 12.2. The van der Waals surface area contributed by atoms with E-state index in [1.165, 1.54) is 12.1 Å². The summed E-state index contributed by atoms with van der Waals surface area (Å²) in [5.41, 5.74) is 0.966. The monoisotopic (exact) mass is 244 g/mol. The van der Waals surface area contributed by atoms with Crippen LogP contribution < -0.4 is 4.90 Å². The Morgan fingerprint density at radius 3 is 2.72 bits per heavy atom. The number of benzene rings is 1. The molecule has 18 heavy (non-hydrogen) atoms. The molecule has 0 amide bonds. The van der Waals surface area contributed by atoms with Gasteiger partial charge in [-0.1, -0.05) is 0 Å². The summed E-state index contributed by atoms with van der Waals surface area (Å²) in [6.45, 7) is 2.40. The Hall–Kier alpha value is -2.28. The molecule has 1 aromatic heterocycles. The standard InChI is InChI=1S/C14H13FN2O/c1-10-3-4-14(18-10)9-17(2)13-6-11(8-16)5-12(15)7-13/h3-7H,9H2,1-2H3. The third-order valence-corrected chi connectivity index (χ3v) is 2.64. The van der Waals surface area contributed by atoms with Gasteiger partial charge in [-0.15, -0.1) is 0 Å². The molecule has 0 spiro atoms. The molecule has 1 aromatic carbocycles. The summed E-state index contributed by atoms with van der Waals surface area (Å²) in [5, 5.41) is 8.81. The smallest absolute Gasteiger partial charge is 0.126 e. The highest BCUT2D eigenvalue weighted by molar-refractivity contribution is 5.51. The van der Waals surface area contributed by atoms with Gasteiger partial charge in [0.2, 0.25) is 0 Å². The molecule has 0 saturated carbocycles. The second-order valence-electron chi connectivity index (χ2n) is 4.18. The molecule has 1 heterocycles. The number of rotatable bonds is 3. The molecule has 0 fully saturated rings. The molecule has 2 aromatic rings. The molecule has 4 heteroatoms. The average molecular weight is 244 g/mol. The molecule has 0 saturated heterocycles. The molecule has 92 valence electrons. The van der Waals surface area contributed by atoms with E-state index in [0.29, 0.717) is 17.8 Å². The SMILES string of the molecule is Cc1ccc(CN(C)c2cc(F)cc(C#N)c2)o1. The Bertz CT molecular complexity index is 598. The zero-order valence-corrected chi connectivity index (χ0v) is 10.3. The predicted octanol–water partition coefficient (Wildman–Crippen LogP) is 3.24. The molecule has 0 radical (unpaired) electrons. The van der Waals surface area contributed by atoms with Gasteiger partial charge in [-0.05, 0) is 37.3 Å². The lowest BCUT2D eigenvalue weighted by molar-refractivity contribution is 0.481. The fourth-order valence-electron chi connectivity index (χ4n) is 1.75. The van der Waals surface area contributed by atoms with Gasteiger partial charge in [0.05, 0.1) is 18.2 Å². The highest BCUT2D eigenvalue weighted by Crippen LogP contribution is 2.19. The first-order valence-electron chi connectivity index (χ1n) is 5.55. The van der Waals surface area contributed by atoms with Crippen LogP contribution in [0.3, 0.4) is 0 Å². The van der Waals surface area contributed by atoms with Crippen molar-refractivity contribution >= 4 is 5.69 Å². The lowest BCUT2D eigenvalue weighted by atomic mass is 10.2. The van der Waals surface area contributed by atoms with Gasteiger partial charge in [0, 0.05) is 12.7 Å². The van der Waals surface area contributed by atoms with Crippen LogP contribution >= 0.6 is 0 Å². The topological polar surface area (TPSA) is 40.2 Å². The average Bonchev–Trinajstić information content (AvgIpc) is 2.73. The molecular weight excluding hydrogens is 231 g/mol. The van der Waals surface area contributed by atoms with Gasteiger partial charge >= 0.3 is 0 Å². The highest BCUT2D eigenvalue weighted by atomic mass is 19.1. The van der Waals surface area contributed by atoms with Crippen LogP contribution in [-0.2, 0) is 6.54 Å². The zero-order valence-electron chi connectivity index (χ0n) is 10.3. The fourth-order valence-corrected chi connectivity index (χ4v) is 1.75. The minimum absolute atomic E-state index is 0.312. The molecule has 0 aliphatic heterocycles. The first-order chi connectivity index (χ1) is 8.58. The van der Waals surface area contributed by atoms with Crippen molar-refractivity contribution in [3.63, 3.8) is 0 Å². The normalized spacial score (nSPS) is 10.1. The van der Waals surface area contributed by atoms with E-state index in [1.54, 1.807) is 6.07 Å². The quantitative estimate of drug-likeness (QED) is 0.832. The van der Waals surface area contributed by atoms with Gasteiger partial charge in [-0.3, -0.25) is 0 Å². The predicted molar refractivity (Wildman–Crippen MR) is 66.7 cm³/mol. The molecule has 2 rings (SSSR count). The largest absolute Gasteiger partial charge is 0.464 e. The van der Waals surface area contributed by atoms with E-state index in [4.69, 9.17) is 9.68 Å². The van der Waals surface area contributed by atoms with Crippen molar-refractivity contribution in [3.05, 3.63) is 53.2 Å². The maximum atomic E-state index is 13.3. The Kier molecular flexibility index (Phi) is 3.33. The summed E-state index contributed by atoms with van der Waals surface area (Å²) >= 11 is 0. The van der Waals surface area contributed by atoms with Crippen molar-refractivity contribution in [2.45, 2.75) is 13.5 Å². The molecule has 0 atom stereocenters. The summed E-state index contributed by atoms with van der Waals surface area (Å²) in [6, 6.07) is 9.98. The van der Waals surface area contributed by atoms with Gasteiger partial charge in [0.15, 0.2) is 0 Å². The summed E-state index contributed by atoms with van der Waals surface area (Å²) < 4.78 is 18.8. The summed E-state index contributed by atoms with van der Waals surface area (Å²) in [4.78, 5) is 1.84. The molecule has 0 N–H and O–H groups in total. The Morgan fingerprint density at radius 2 is 2.11 bits per heavy atom. The van der Waals surface area contributed by atoms with E-state index in [-0.39, 0.29) is 0 Å². The van der Waals surface area contributed by atoms with Gasteiger partial charge in [-0.2, -0.15) is 5.26 Å². The molecule has 0 bridgehead atoms. The van der Waals surface area contributed by atoms with E-state index in [2.05, 4.69) is 0 Å². The van der Waals surface area contributed by atoms with Crippen molar-refractivity contribution in [2.24, 2.45) is 0 Å². The zero-order chi connectivity index (χ0) is 13.1. The highest BCUT2D eigenvalue weighted by Gasteiger charge is 2.08. The van der Waals surface area contributed by atoms with Crippen molar-refractivity contribution in [2.75, 3.05) is 11.9 Å². The number of aryl methyl sites for hydroxylation is 1. The van der Waals surface area contributed by atoms with Crippen LogP contribution in [0, 0.1) is 24.1 Å². The van der Waals surface area contributed by atoms with E-state index < -0.39 is 5.82 Å². The number of nitrogens with zero attached hydrogens (tertiary/aromatic N) is 2. The van der Waals surface area contributed by atoms with E-state index in [1.807, 2.05) is 37.1 Å². The molecule has 0 aliphatic rings. The maximum absolute atomic E-state index is 13.3. The van der Waals surface area contributed by atoms with E-state index in [9.17, 15) is 4.39 Å². The minimum atomic E-state index is -0.411. The molecule has 0 aliphatic carbocycles. The Balaban J connectivity index is 2.21. The van der Waals surface area contributed by atoms with Crippen molar-refractivity contribution < 1.29 is 8.81 Å². The summed E-state index contributed by atoms with van der Waals surface area (Å²) in [6.07, 6.45) is 0. The fraction of sp³-hybridized carbons (Fsp3) is 0.214. The number of furan rings is 1. The lowest BCUT2D eigenvalue weighted by Crippen LogP contribution is -2.16. The van der Waals surface area contributed by atoms with Crippen molar-refractivity contribution in [1.29, 1.82) is 5.26 Å². The third-order valence-electron chi connectivity index (χ3n) is 2.64. The molecule has 0 unspecified atom stereocenters. The van der Waals surface area contributed by atoms with Crippen LogP contribution in [0.2, 0.25) is 0 Å². The van der Waals surface area contributed by atoms with Gasteiger partial charge in [0.1, 0.15) is 17.3 Å². The van der Waals surface area contributed by atoms with Crippen molar-refractivity contribution in [1.82, 2.24) is 0 Å². The maximum Gasteiger partial charge on any atom is 0.126 e. The van der Waals surface area contributed by atoms with Crippen LogP contribution in [0.25, 0.3) is 0 Å². The Labute approximate surface area is 105 Å². The van der Waals surface area contributed by atoms with Crippen LogP contribution in [0.4, 0.5) is 10.1 Å². The molecular formula is C14H13FN2O. The number of hydrogen-bond donors (Lipinski definition) is 0. The van der Waals surface area contributed by atoms with Crippen LogP contribution in [-0.4, -0.2) is 7.05 Å². The molecule has 3 nitrogen and oxygen atoms in total. The minimum Gasteiger partial charge on any atom is -0.464 e. The van der Waals surface area contributed by atoms with Gasteiger partial charge in [-0.25, -0.2) is 4.39 Å². The first-order valence-corrected chi connectivity index (χ1v) is 5.55. The number of nitriles is 1. The summed E-state index contributed by atoms with van der Waals surface area (Å²) in [5.74, 6) is 1.24. The number of halogens is 1. The van der Waals surface area contributed by atoms with Gasteiger partial charge in [0.25, 0.3) is 0 Å². The van der Waals surface area contributed by atoms with Crippen LogP contribution in [0.15, 0.2) is 34.7 Å². The van der Waals surface area contributed by atoms with E-state index >= 15 is 0 Å². The summed E-state index contributed by atoms with van der Waals surface area (Å²) in [7, 11) is 1.83. The van der Waals surface area contributed by atoms with Crippen LogP contribution in [0.5, 0.6) is 0 Å². The lowest BCUT2D eigenvalue weighted by Gasteiger charge is -2.18. The second-order valence-corrected chi connectivity index (χ2v) is 4.18. The Morgan fingerprint density at radius 1 is 1.33 bits per heavy atom. The van der Waals surface area contributed by atoms with Crippen LogP contribution in [0.1, 0.15) is 17.1 Å². The number of anilines is 1. The third kappa shape index (κ3) is 2.69. The van der Waals surface area contributed by atoms with Gasteiger partial charge < -0.3 is 9.32 Å².